The van der Waals surface area contributed by atoms with Crippen LogP contribution >= 0.6 is 0 Å². The van der Waals surface area contributed by atoms with Crippen LogP contribution in [0.25, 0.3) is 0 Å². The molecule has 116 valence electrons. The quantitative estimate of drug-likeness (QED) is 0.876. The third-order valence-corrected chi connectivity index (χ3v) is 4.45. The van der Waals surface area contributed by atoms with Crippen LogP contribution in [0.4, 0.5) is 4.39 Å². The smallest absolute Gasteiger partial charge is 0.220 e. The van der Waals surface area contributed by atoms with E-state index < -0.39 is 0 Å². The molecule has 0 saturated carbocycles. The van der Waals surface area contributed by atoms with Gasteiger partial charge in [-0.2, -0.15) is 0 Å². The van der Waals surface area contributed by atoms with Crippen LogP contribution < -0.4 is 10.6 Å². The normalized spacial score (nSPS) is 19.0. The molecule has 1 atom stereocenters. The van der Waals surface area contributed by atoms with Crippen molar-refractivity contribution >= 4 is 5.91 Å². The first-order chi connectivity index (χ1) is 10.0. The SMILES string of the molecule is CC(CC(=O)NCC1(C)CCNCC1)c1ccccc1F. The minimum Gasteiger partial charge on any atom is -0.356 e. The van der Waals surface area contributed by atoms with Crippen LogP contribution in [0.1, 0.15) is 44.6 Å². The summed E-state index contributed by atoms with van der Waals surface area (Å²) in [6.45, 7) is 6.84. The monoisotopic (exact) mass is 292 g/mol. The molecule has 1 saturated heterocycles. The van der Waals surface area contributed by atoms with Gasteiger partial charge in [0.2, 0.25) is 5.91 Å². The van der Waals surface area contributed by atoms with Gasteiger partial charge in [-0.25, -0.2) is 4.39 Å². The van der Waals surface area contributed by atoms with Gasteiger partial charge >= 0.3 is 0 Å². The van der Waals surface area contributed by atoms with E-state index in [1.54, 1.807) is 12.1 Å². The van der Waals surface area contributed by atoms with E-state index in [0.717, 1.165) is 25.9 Å². The lowest BCUT2D eigenvalue weighted by Gasteiger charge is -2.34. The molecular weight excluding hydrogens is 267 g/mol. The van der Waals surface area contributed by atoms with Gasteiger partial charge in [0, 0.05) is 13.0 Å². The number of halogens is 1. The van der Waals surface area contributed by atoms with Crippen molar-refractivity contribution in [2.24, 2.45) is 5.41 Å². The Labute approximate surface area is 126 Å². The molecule has 1 aromatic carbocycles. The van der Waals surface area contributed by atoms with Gasteiger partial charge in [0.05, 0.1) is 0 Å². The maximum atomic E-state index is 13.7. The standard InChI is InChI=1S/C17H25FN2O/c1-13(14-5-3-4-6-15(14)18)11-16(21)20-12-17(2)7-9-19-10-8-17/h3-6,13,19H,7-12H2,1-2H3,(H,20,21). The first-order valence-corrected chi connectivity index (χ1v) is 7.72. The minimum absolute atomic E-state index is 0.00510. The Morgan fingerprint density at radius 2 is 2.05 bits per heavy atom. The number of amides is 1. The van der Waals surface area contributed by atoms with Gasteiger partial charge in [0.15, 0.2) is 0 Å². The van der Waals surface area contributed by atoms with Gasteiger partial charge in [0.25, 0.3) is 0 Å². The van der Waals surface area contributed by atoms with Gasteiger partial charge in [0.1, 0.15) is 5.82 Å². The molecule has 1 amide bonds. The Hall–Kier alpha value is -1.42. The van der Waals surface area contributed by atoms with Crippen molar-refractivity contribution in [3.63, 3.8) is 0 Å². The second kappa shape index (κ2) is 7.03. The van der Waals surface area contributed by atoms with Crippen molar-refractivity contribution in [1.29, 1.82) is 0 Å². The average Bonchev–Trinajstić information content (AvgIpc) is 2.46. The number of benzene rings is 1. The van der Waals surface area contributed by atoms with Gasteiger partial charge < -0.3 is 10.6 Å². The van der Waals surface area contributed by atoms with Crippen LogP contribution in [0.2, 0.25) is 0 Å². The Morgan fingerprint density at radius 3 is 2.71 bits per heavy atom. The molecular formula is C17H25FN2O. The molecule has 2 rings (SSSR count). The molecule has 0 aromatic heterocycles. The predicted molar refractivity (Wildman–Crippen MR) is 82.7 cm³/mol. The molecule has 1 aliphatic heterocycles. The van der Waals surface area contributed by atoms with E-state index in [0.29, 0.717) is 18.5 Å². The zero-order valence-corrected chi connectivity index (χ0v) is 12.9. The molecule has 4 heteroatoms. The second-order valence-electron chi connectivity index (χ2n) is 6.46. The molecule has 0 radical (unpaired) electrons. The first-order valence-electron chi connectivity index (χ1n) is 7.72. The van der Waals surface area contributed by atoms with Crippen LogP contribution in [-0.4, -0.2) is 25.5 Å². The van der Waals surface area contributed by atoms with E-state index in [1.165, 1.54) is 6.07 Å². The predicted octanol–water partition coefficient (Wildman–Crippen LogP) is 2.83. The third kappa shape index (κ3) is 4.53. The molecule has 1 aliphatic rings. The Morgan fingerprint density at radius 1 is 1.38 bits per heavy atom. The Kier molecular flexibility index (Phi) is 5.34. The third-order valence-electron chi connectivity index (χ3n) is 4.45. The van der Waals surface area contributed by atoms with E-state index in [9.17, 15) is 9.18 Å². The number of rotatable bonds is 5. The average molecular weight is 292 g/mol. The summed E-state index contributed by atoms with van der Waals surface area (Å²) >= 11 is 0. The maximum absolute atomic E-state index is 13.7. The lowest BCUT2D eigenvalue weighted by molar-refractivity contribution is -0.122. The number of nitrogens with one attached hydrogen (secondary N) is 2. The zero-order chi connectivity index (χ0) is 15.3. The van der Waals surface area contributed by atoms with Gasteiger partial charge in [-0.3, -0.25) is 4.79 Å². The van der Waals surface area contributed by atoms with Crippen molar-refractivity contribution < 1.29 is 9.18 Å². The summed E-state index contributed by atoms with van der Waals surface area (Å²) < 4.78 is 13.7. The zero-order valence-electron chi connectivity index (χ0n) is 12.9. The lowest BCUT2D eigenvalue weighted by atomic mass is 9.81. The topological polar surface area (TPSA) is 41.1 Å². The van der Waals surface area contributed by atoms with Gasteiger partial charge in [-0.1, -0.05) is 32.0 Å². The molecule has 1 aromatic rings. The van der Waals surface area contributed by atoms with Crippen molar-refractivity contribution in [1.82, 2.24) is 10.6 Å². The maximum Gasteiger partial charge on any atom is 0.220 e. The minimum atomic E-state index is -0.233. The summed E-state index contributed by atoms with van der Waals surface area (Å²) in [5.74, 6) is -0.333. The molecule has 0 aliphatic carbocycles. The highest BCUT2D eigenvalue weighted by Crippen LogP contribution is 2.27. The van der Waals surface area contributed by atoms with E-state index in [1.807, 2.05) is 13.0 Å². The van der Waals surface area contributed by atoms with Crippen LogP contribution in [0, 0.1) is 11.2 Å². The number of carbonyl (C=O) groups is 1. The van der Waals surface area contributed by atoms with Gasteiger partial charge in [-0.05, 0) is 48.9 Å². The van der Waals surface area contributed by atoms with E-state index in [2.05, 4.69) is 17.6 Å². The summed E-state index contributed by atoms with van der Waals surface area (Å²) in [5, 5.41) is 6.36. The molecule has 0 spiro atoms. The highest BCUT2D eigenvalue weighted by atomic mass is 19.1. The Bertz CT molecular complexity index is 483. The number of hydrogen-bond acceptors (Lipinski definition) is 2. The summed E-state index contributed by atoms with van der Waals surface area (Å²) in [7, 11) is 0. The molecule has 1 unspecified atom stereocenters. The van der Waals surface area contributed by atoms with E-state index in [-0.39, 0.29) is 23.1 Å². The molecule has 21 heavy (non-hydrogen) atoms. The first kappa shape index (κ1) is 16.0. The van der Waals surface area contributed by atoms with Crippen molar-refractivity contribution in [2.75, 3.05) is 19.6 Å². The van der Waals surface area contributed by atoms with Crippen molar-refractivity contribution in [3.8, 4) is 0 Å². The molecule has 2 N–H and O–H groups in total. The fraction of sp³-hybridized carbons (Fsp3) is 0.588. The summed E-state index contributed by atoms with van der Waals surface area (Å²) in [4.78, 5) is 12.1. The molecule has 3 nitrogen and oxygen atoms in total. The highest BCUT2D eigenvalue weighted by Gasteiger charge is 2.27. The largest absolute Gasteiger partial charge is 0.356 e. The number of piperidine rings is 1. The lowest BCUT2D eigenvalue weighted by Crippen LogP contribution is -2.43. The highest BCUT2D eigenvalue weighted by molar-refractivity contribution is 5.76. The van der Waals surface area contributed by atoms with Gasteiger partial charge in [-0.15, -0.1) is 0 Å². The van der Waals surface area contributed by atoms with Crippen LogP contribution in [0.5, 0.6) is 0 Å². The molecule has 1 heterocycles. The second-order valence-corrected chi connectivity index (χ2v) is 6.46. The number of carbonyl (C=O) groups excluding carboxylic acids is 1. The van der Waals surface area contributed by atoms with Crippen molar-refractivity contribution in [2.45, 2.75) is 39.0 Å². The van der Waals surface area contributed by atoms with E-state index >= 15 is 0 Å². The summed E-state index contributed by atoms with van der Waals surface area (Å²) in [6.07, 6.45) is 2.49. The molecule has 1 fully saturated rings. The summed E-state index contributed by atoms with van der Waals surface area (Å²) in [5.41, 5.74) is 0.794. The Balaban J connectivity index is 1.83. The van der Waals surface area contributed by atoms with Crippen molar-refractivity contribution in [3.05, 3.63) is 35.6 Å². The fourth-order valence-electron chi connectivity index (χ4n) is 2.85. The molecule has 0 bridgehead atoms. The van der Waals surface area contributed by atoms with Crippen LogP contribution in [0.15, 0.2) is 24.3 Å². The van der Waals surface area contributed by atoms with E-state index in [4.69, 9.17) is 0 Å². The van der Waals surface area contributed by atoms with Crippen LogP contribution in [-0.2, 0) is 4.79 Å². The van der Waals surface area contributed by atoms with Crippen LogP contribution in [0.3, 0.4) is 0 Å². The fourth-order valence-corrected chi connectivity index (χ4v) is 2.85. The summed E-state index contributed by atoms with van der Waals surface area (Å²) in [6, 6.07) is 6.67. The number of hydrogen-bond donors (Lipinski definition) is 2.